The average Bonchev–Trinajstić information content (AvgIpc) is 2.78. The zero-order valence-electron chi connectivity index (χ0n) is 16.9. The average molecular weight is 390 g/mol. The molecule has 0 spiro atoms. The smallest absolute Gasteiger partial charge is 0.227 e. The number of nitrogens with zero attached hydrogens (tertiary/aromatic N) is 3. The van der Waals surface area contributed by atoms with Crippen molar-refractivity contribution in [3.8, 4) is 11.5 Å². The Bertz CT molecular complexity index is 940. The summed E-state index contributed by atoms with van der Waals surface area (Å²) in [5.74, 6) is 2.04. The van der Waals surface area contributed by atoms with Gasteiger partial charge in [-0.3, -0.25) is 4.90 Å². The molecule has 0 amide bonds. The standard InChI is InChI=1S/C23H26N4O2/c1-28-20-12-19(13-21(14-20)29-2)25-23-24-15-18-16-27(11-9-22(18)26-23)10-8-17-6-4-3-5-7-17/h3-7,12-15H,8-11,16H2,1-2H3,(H,24,25,26). The lowest BCUT2D eigenvalue weighted by Gasteiger charge is -2.28. The van der Waals surface area contributed by atoms with Crippen molar-refractivity contribution >= 4 is 11.6 Å². The van der Waals surface area contributed by atoms with Crippen LogP contribution in [0, 0.1) is 0 Å². The van der Waals surface area contributed by atoms with Crippen molar-refractivity contribution in [1.82, 2.24) is 14.9 Å². The molecule has 3 aromatic rings. The molecule has 4 rings (SSSR count). The Morgan fingerprint density at radius 2 is 1.79 bits per heavy atom. The number of rotatable bonds is 7. The predicted molar refractivity (Wildman–Crippen MR) is 114 cm³/mol. The van der Waals surface area contributed by atoms with E-state index in [-0.39, 0.29) is 0 Å². The van der Waals surface area contributed by atoms with Crippen molar-refractivity contribution in [3.05, 3.63) is 71.5 Å². The molecule has 0 radical (unpaired) electrons. The highest BCUT2D eigenvalue weighted by atomic mass is 16.5. The summed E-state index contributed by atoms with van der Waals surface area (Å²) in [5.41, 5.74) is 4.54. The van der Waals surface area contributed by atoms with Crippen LogP contribution < -0.4 is 14.8 Å². The molecule has 1 N–H and O–H groups in total. The fourth-order valence-corrected chi connectivity index (χ4v) is 3.57. The van der Waals surface area contributed by atoms with Gasteiger partial charge in [-0.05, 0) is 12.0 Å². The Morgan fingerprint density at radius 3 is 2.52 bits per heavy atom. The molecule has 29 heavy (non-hydrogen) atoms. The molecule has 0 bridgehead atoms. The number of anilines is 2. The number of ether oxygens (including phenoxy) is 2. The molecule has 0 atom stereocenters. The van der Waals surface area contributed by atoms with E-state index in [1.807, 2.05) is 24.4 Å². The van der Waals surface area contributed by atoms with Crippen LogP contribution in [0.5, 0.6) is 11.5 Å². The minimum absolute atomic E-state index is 0.594. The van der Waals surface area contributed by atoms with Gasteiger partial charge >= 0.3 is 0 Å². The van der Waals surface area contributed by atoms with Crippen LogP contribution in [0.1, 0.15) is 16.8 Å². The normalized spacial score (nSPS) is 13.6. The fourth-order valence-electron chi connectivity index (χ4n) is 3.57. The number of nitrogens with one attached hydrogen (secondary N) is 1. The summed E-state index contributed by atoms with van der Waals surface area (Å²) in [6.07, 6.45) is 3.94. The van der Waals surface area contributed by atoms with Gasteiger partial charge in [0.05, 0.1) is 19.9 Å². The Hall–Kier alpha value is -3.12. The first kappa shape index (κ1) is 19.2. The van der Waals surface area contributed by atoms with Gasteiger partial charge in [0.25, 0.3) is 0 Å². The number of hydrogen-bond donors (Lipinski definition) is 1. The molecule has 0 unspecified atom stereocenters. The van der Waals surface area contributed by atoms with Gasteiger partial charge in [0.15, 0.2) is 0 Å². The lowest BCUT2D eigenvalue weighted by atomic mass is 10.1. The molecule has 0 aliphatic carbocycles. The Balaban J connectivity index is 1.41. The third kappa shape index (κ3) is 4.84. The summed E-state index contributed by atoms with van der Waals surface area (Å²) < 4.78 is 10.7. The van der Waals surface area contributed by atoms with Crippen molar-refractivity contribution in [2.24, 2.45) is 0 Å². The van der Waals surface area contributed by atoms with E-state index in [1.165, 1.54) is 11.1 Å². The minimum atomic E-state index is 0.594. The molecule has 2 heterocycles. The Labute approximate surface area is 171 Å². The maximum Gasteiger partial charge on any atom is 0.227 e. The molecule has 0 saturated heterocycles. The minimum Gasteiger partial charge on any atom is -0.497 e. The summed E-state index contributed by atoms with van der Waals surface area (Å²) in [4.78, 5) is 11.7. The highest BCUT2D eigenvalue weighted by Gasteiger charge is 2.18. The Kier molecular flexibility index (Phi) is 5.91. The summed E-state index contributed by atoms with van der Waals surface area (Å²) >= 11 is 0. The SMILES string of the molecule is COc1cc(Nc2ncc3c(n2)CCN(CCc2ccccc2)C3)cc(OC)c1. The van der Waals surface area contributed by atoms with E-state index in [2.05, 4.69) is 45.5 Å². The second-order valence-corrected chi connectivity index (χ2v) is 7.15. The number of hydrogen-bond acceptors (Lipinski definition) is 6. The van der Waals surface area contributed by atoms with Crippen molar-refractivity contribution in [3.63, 3.8) is 0 Å². The first-order valence-corrected chi connectivity index (χ1v) is 9.84. The summed E-state index contributed by atoms with van der Waals surface area (Å²) in [5, 5.41) is 3.27. The molecule has 1 aromatic heterocycles. The molecule has 6 heteroatoms. The Morgan fingerprint density at radius 1 is 1.03 bits per heavy atom. The largest absolute Gasteiger partial charge is 0.497 e. The quantitative estimate of drug-likeness (QED) is 0.662. The van der Waals surface area contributed by atoms with E-state index in [9.17, 15) is 0 Å². The first-order chi connectivity index (χ1) is 14.2. The van der Waals surface area contributed by atoms with Crippen LogP contribution in [-0.4, -0.2) is 42.2 Å². The number of benzene rings is 2. The maximum absolute atomic E-state index is 5.33. The van der Waals surface area contributed by atoms with Gasteiger partial charge in [-0.15, -0.1) is 0 Å². The van der Waals surface area contributed by atoms with E-state index in [0.717, 1.165) is 55.4 Å². The highest BCUT2D eigenvalue weighted by Crippen LogP contribution is 2.27. The molecule has 2 aromatic carbocycles. The molecule has 1 aliphatic rings. The summed E-state index contributed by atoms with van der Waals surface area (Å²) in [6.45, 7) is 2.96. The van der Waals surface area contributed by atoms with Crippen molar-refractivity contribution < 1.29 is 9.47 Å². The van der Waals surface area contributed by atoms with E-state index in [1.54, 1.807) is 14.2 Å². The summed E-state index contributed by atoms with van der Waals surface area (Å²) in [6, 6.07) is 16.3. The summed E-state index contributed by atoms with van der Waals surface area (Å²) in [7, 11) is 3.27. The van der Waals surface area contributed by atoms with Crippen LogP contribution in [0.15, 0.2) is 54.7 Å². The van der Waals surface area contributed by atoms with Gasteiger partial charge in [-0.25, -0.2) is 9.97 Å². The third-order valence-corrected chi connectivity index (χ3v) is 5.18. The topological polar surface area (TPSA) is 59.5 Å². The molecule has 150 valence electrons. The van der Waals surface area contributed by atoms with Gasteiger partial charge in [-0.1, -0.05) is 30.3 Å². The van der Waals surface area contributed by atoms with Crippen molar-refractivity contribution in [2.75, 3.05) is 32.6 Å². The van der Waals surface area contributed by atoms with Crippen LogP contribution in [0.3, 0.4) is 0 Å². The molecule has 1 aliphatic heterocycles. The lowest BCUT2D eigenvalue weighted by molar-refractivity contribution is 0.254. The third-order valence-electron chi connectivity index (χ3n) is 5.18. The lowest BCUT2D eigenvalue weighted by Crippen LogP contribution is -2.33. The zero-order chi connectivity index (χ0) is 20.1. The van der Waals surface area contributed by atoms with Gasteiger partial charge in [0.2, 0.25) is 5.95 Å². The first-order valence-electron chi connectivity index (χ1n) is 9.84. The molecular weight excluding hydrogens is 364 g/mol. The van der Waals surface area contributed by atoms with E-state index in [0.29, 0.717) is 5.95 Å². The van der Waals surface area contributed by atoms with Gasteiger partial charge in [-0.2, -0.15) is 0 Å². The molecule has 0 saturated carbocycles. The monoisotopic (exact) mass is 390 g/mol. The van der Waals surface area contributed by atoms with Crippen molar-refractivity contribution in [1.29, 1.82) is 0 Å². The zero-order valence-corrected chi connectivity index (χ0v) is 16.9. The van der Waals surface area contributed by atoms with Crippen LogP contribution in [0.4, 0.5) is 11.6 Å². The number of aromatic nitrogens is 2. The maximum atomic E-state index is 5.33. The van der Waals surface area contributed by atoms with Crippen molar-refractivity contribution in [2.45, 2.75) is 19.4 Å². The predicted octanol–water partition coefficient (Wildman–Crippen LogP) is 3.84. The van der Waals surface area contributed by atoms with Gasteiger partial charge < -0.3 is 14.8 Å². The molecule has 0 fully saturated rings. The van der Waals surface area contributed by atoms with E-state index < -0.39 is 0 Å². The molecular formula is C23H26N4O2. The second-order valence-electron chi connectivity index (χ2n) is 7.15. The number of fused-ring (bicyclic) bond motifs is 1. The van der Waals surface area contributed by atoms with Crippen LogP contribution in [0.25, 0.3) is 0 Å². The van der Waals surface area contributed by atoms with E-state index in [4.69, 9.17) is 14.5 Å². The van der Waals surface area contributed by atoms with Crippen LogP contribution >= 0.6 is 0 Å². The van der Waals surface area contributed by atoms with Crippen LogP contribution in [-0.2, 0) is 19.4 Å². The molecule has 6 nitrogen and oxygen atoms in total. The van der Waals surface area contributed by atoms with E-state index >= 15 is 0 Å². The second kappa shape index (κ2) is 8.92. The number of methoxy groups -OCH3 is 2. The fraction of sp³-hybridized carbons (Fsp3) is 0.304. The highest BCUT2D eigenvalue weighted by molar-refractivity contribution is 5.59. The van der Waals surface area contributed by atoms with Gasteiger partial charge in [0.1, 0.15) is 11.5 Å². The van der Waals surface area contributed by atoms with Crippen LogP contribution in [0.2, 0.25) is 0 Å². The van der Waals surface area contributed by atoms with Gasteiger partial charge in [0, 0.05) is 61.7 Å².